The summed E-state index contributed by atoms with van der Waals surface area (Å²) in [7, 11) is 1.55. The van der Waals surface area contributed by atoms with E-state index >= 15 is 0 Å². The van der Waals surface area contributed by atoms with Gasteiger partial charge in [0.25, 0.3) is 0 Å². The monoisotopic (exact) mass is 336 g/mol. The number of anilines is 1. The molecule has 0 fully saturated rings. The second-order valence-electron chi connectivity index (χ2n) is 5.21. The number of aromatic carboxylic acids is 1. The van der Waals surface area contributed by atoms with E-state index in [0.717, 1.165) is 5.56 Å². The number of ether oxygens (including phenoxy) is 1. The molecule has 0 amide bonds. The standard InChI is InChI=1S/C18H16N4O3/c1-25-14-6-2-5-13(8-14)16-15(17(23)24)11-21-18(22-16)20-10-12-4-3-7-19-9-12/h2-9,11H,10H2,1H3,(H,23,24)(H,20,21,22). The fourth-order valence-electron chi connectivity index (χ4n) is 2.30. The Morgan fingerprint density at radius 2 is 2.12 bits per heavy atom. The van der Waals surface area contributed by atoms with Crippen molar-refractivity contribution in [3.05, 3.63) is 66.1 Å². The predicted molar refractivity (Wildman–Crippen MR) is 92.5 cm³/mol. The van der Waals surface area contributed by atoms with Crippen LogP contribution < -0.4 is 10.1 Å². The summed E-state index contributed by atoms with van der Waals surface area (Å²) in [5, 5.41) is 12.5. The number of pyridine rings is 1. The zero-order chi connectivity index (χ0) is 17.6. The lowest BCUT2D eigenvalue weighted by atomic mass is 10.1. The zero-order valence-corrected chi connectivity index (χ0v) is 13.5. The van der Waals surface area contributed by atoms with Gasteiger partial charge < -0.3 is 15.2 Å². The first-order chi connectivity index (χ1) is 12.2. The van der Waals surface area contributed by atoms with Crippen LogP contribution in [0.25, 0.3) is 11.3 Å². The van der Waals surface area contributed by atoms with Crippen LogP contribution in [0.1, 0.15) is 15.9 Å². The lowest BCUT2D eigenvalue weighted by Gasteiger charge is -2.10. The third-order valence-electron chi connectivity index (χ3n) is 3.54. The first-order valence-corrected chi connectivity index (χ1v) is 7.55. The molecule has 0 radical (unpaired) electrons. The molecule has 2 N–H and O–H groups in total. The van der Waals surface area contributed by atoms with Crippen molar-refractivity contribution in [3.63, 3.8) is 0 Å². The van der Waals surface area contributed by atoms with Crippen molar-refractivity contribution in [2.45, 2.75) is 6.54 Å². The predicted octanol–water partition coefficient (Wildman–Crippen LogP) is 2.86. The third-order valence-corrected chi connectivity index (χ3v) is 3.54. The van der Waals surface area contributed by atoms with Crippen LogP contribution in [0.5, 0.6) is 5.75 Å². The molecule has 0 saturated heterocycles. The molecule has 0 spiro atoms. The molecule has 0 aliphatic carbocycles. The number of carboxylic acids is 1. The molecule has 0 aliphatic heterocycles. The van der Waals surface area contributed by atoms with E-state index in [4.69, 9.17) is 4.74 Å². The summed E-state index contributed by atoms with van der Waals surface area (Å²) in [5.41, 5.74) is 1.97. The fraction of sp³-hybridized carbons (Fsp3) is 0.111. The van der Waals surface area contributed by atoms with Gasteiger partial charge in [0.1, 0.15) is 11.3 Å². The topological polar surface area (TPSA) is 97.2 Å². The molecule has 3 aromatic rings. The van der Waals surface area contributed by atoms with Crippen LogP contribution in [0.4, 0.5) is 5.95 Å². The first-order valence-electron chi connectivity index (χ1n) is 7.55. The minimum absolute atomic E-state index is 0.0279. The molecule has 25 heavy (non-hydrogen) atoms. The van der Waals surface area contributed by atoms with E-state index in [-0.39, 0.29) is 5.56 Å². The Balaban J connectivity index is 1.93. The second-order valence-corrected chi connectivity index (χ2v) is 5.21. The minimum Gasteiger partial charge on any atom is -0.497 e. The molecule has 7 nitrogen and oxygen atoms in total. The minimum atomic E-state index is -1.09. The summed E-state index contributed by atoms with van der Waals surface area (Å²) in [6.45, 7) is 0.484. The van der Waals surface area contributed by atoms with Crippen molar-refractivity contribution in [3.8, 4) is 17.0 Å². The van der Waals surface area contributed by atoms with Gasteiger partial charge in [-0.25, -0.2) is 14.8 Å². The Morgan fingerprint density at radius 3 is 2.84 bits per heavy atom. The zero-order valence-electron chi connectivity index (χ0n) is 13.5. The van der Waals surface area contributed by atoms with E-state index in [1.54, 1.807) is 43.8 Å². The highest BCUT2D eigenvalue weighted by Crippen LogP contribution is 2.26. The van der Waals surface area contributed by atoms with Crippen LogP contribution in [0, 0.1) is 0 Å². The summed E-state index contributed by atoms with van der Waals surface area (Å²) >= 11 is 0. The van der Waals surface area contributed by atoms with Crippen LogP contribution in [0.3, 0.4) is 0 Å². The van der Waals surface area contributed by atoms with E-state index in [0.29, 0.717) is 29.5 Å². The molecule has 0 bridgehead atoms. The molecule has 0 unspecified atom stereocenters. The highest BCUT2D eigenvalue weighted by Gasteiger charge is 2.16. The summed E-state index contributed by atoms with van der Waals surface area (Å²) in [6.07, 6.45) is 4.74. The summed E-state index contributed by atoms with van der Waals surface area (Å²) < 4.78 is 5.20. The van der Waals surface area contributed by atoms with E-state index in [1.165, 1.54) is 6.20 Å². The number of hydrogen-bond donors (Lipinski definition) is 2. The van der Waals surface area contributed by atoms with Gasteiger partial charge in [-0.2, -0.15) is 0 Å². The highest BCUT2D eigenvalue weighted by molar-refractivity contribution is 5.94. The molecular weight excluding hydrogens is 320 g/mol. The van der Waals surface area contributed by atoms with Crippen molar-refractivity contribution in [2.75, 3.05) is 12.4 Å². The van der Waals surface area contributed by atoms with Gasteiger partial charge in [0, 0.05) is 30.7 Å². The summed E-state index contributed by atoms with van der Waals surface area (Å²) in [5.74, 6) is -0.124. The van der Waals surface area contributed by atoms with E-state index < -0.39 is 5.97 Å². The van der Waals surface area contributed by atoms with Gasteiger partial charge >= 0.3 is 5.97 Å². The molecule has 0 atom stereocenters. The number of methoxy groups -OCH3 is 1. The van der Waals surface area contributed by atoms with E-state index in [9.17, 15) is 9.90 Å². The third kappa shape index (κ3) is 3.89. The number of carboxylic acid groups (broad SMARTS) is 1. The van der Waals surface area contributed by atoms with Gasteiger partial charge in [-0.15, -0.1) is 0 Å². The van der Waals surface area contributed by atoms with E-state index in [1.807, 2.05) is 12.1 Å². The Hall–Kier alpha value is -3.48. The summed E-state index contributed by atoms with van der Waals surface area (Å²) in [4.78, 5) is 24.0. The number of nitrogens with zero attached hydrogens (tertiary/aromatic N) is 3. The molecule has 2 aromatic heterocycles. The van der Waals surface area contributed by atoms with Gasteiger partial charge in [0.05, 0.1) is 12.8 Å². The molecule has 1 aromatic carbocycles. The van der Waals surface area contributed by atoms with Crippen LogP contribution in [-0.4, -0.2) is 33.1 Å². The van der Waals surface area contributed by atoms with Gasteiger partial charge in [-0.1, -0.05) is 18.2 Å². The smallest absolute Gasteiger partial charge is 0.339 e. The number of hydrogen-bond acceptors (Lipinski definition) is 6. The number of nitrogens with one attached hydrogen (secondary N) is 1. The Labute approximate surface area is 144 Å². The van der Waals surface area contributed by atoms with E-state index in [2.05, 4.69) is 20.3 Å². The number of benzene rings is 1. The van der Waals surface area contributed by atoms with Crippen LogP contribution in [-0.2, 0) is 6.54 Å². The molecule has 0 saturated carbocycles. The maximum atomic E-state index is 11.5. The van der Waals surface area contributed by atoms with Crippen LogP contribution >= 0.6 is 0 Å². The fourth-order valence-corrected chi connectivity index (χ4v) is 2.30. The summed E-state index contributed by atoms with van der Waals surface area (Å²) in [6, 6.07) is 10.8. The lowest BCUT2D eigenvalue weighted by molar-refractivity contribution is 0.0697. The van der Waals surface area contributed by atoms with Crippen molar-refractivity contribution >= 4 is 11.9 Å². The van der Waals surface area contributed by atoms with Gasteiger partial charge in [0.2, 0.25) is 5.95 Å². The molecule has 126 valence electrons. The molecular formula is C18H16N4O3. The average Bonchev–Trinajstić information content (AvgIpc) is 2.67. The van der Waals surface area contributed by atoms with Crippen molar-refractivity contribution in [1.29, 1.82) is 0 Å². The SMILES string of the molecule is COc1cccc(-c2nc(NCc3cccnc3)ncc2C(=O)O)c1. The quantitative estimate of drug-likeness (QED) is 0.714. The normalized spacial score (nSPS) is 10.3. The maximum absolute atomic E-state index is 11.5. The van der Waals surface area contributed by atoms with Crippen LogP contribution in [0.2, 0.25) is 0 Å². The average molecular weight is 336 g/mol. The number of aromatic nitrogens is 3. The molecule has 3 rings (SSSR count). The Kier molecular flexibility index (Phi) is 4.84. The first kappa shape index (κ1) is 16.4. The molecule has 2 heterocycles. The van der Waals surface area contributed by atoms with Crippen LogP contribution in [0.15, 0.2) is 55.0 Å². The van der Waals surface area contributed by atoms with Gasteiger partial charge in [-0.3, -0.25) is 4.98 Å². The molecule has 0 aliphatic rings. The highest BCUT2D eigenvalue weighted by atomic mass is 16.5. The Morgan fingerprint density at radius 1 is 1.24 bits per heavy atom. The van der Waals surface area contributed by atoms with Crippen molar-refractivity contribution < 1.29 is 14.6 Å². The molecule has 7 heteroatoms. The number of carbonyl (C=O) groups is 1. The number of rotatable bonds is 6. The van der Waals surface area contributed by atoms with Gasteiger partial charge in [-0.05, 0) is 23.8 Å². The van der Waals surface area contributed by atoms with Crippen molar-refractivity contribution in [2.24, 2.45) is 0 Å². The lowest BCUT2D eigenvalue weighted by Crippen LogP contribution is -2.08. The van der Waals surface area contributed by atoms with Gasteiger partial charge in [0.15, 0.2) is 0 Å². The largest absolute Gasteiger partial charge is 0.497 e. The van der Waals surface area contributed by atoms with Crippen molar-refractivity contribution in [1.82, 2.24) is 15.0 Å². The second kappa shape index (κ2) is 7.39. The Bertz CT molecular complexity index is 884. The maximum Gasteiger partial charge on any atom is 0.339 e.